The SMILES string of the molecule is C#CCN(CCC)C(=O)N1CCOCC1. The van der Waals surface area contributed by atoms with Gasteiger partial charge in [-0.05, 0) is 6.42 Å². The van der Waals surface area contributed by atoms with Crippen molar-refractivity contribution in [3.05, 3.63) is 0 Å². The zero-order valence-corrected chi connectivity index (χ0v) is 9.24. The van der Waals surface area contributed by atoms with E-state index in [0.717, 1.165) is 13.0 Å². The van der Waals surface area contributed by atoms with E-state index >= 15 is 0 Å². The van der Waals surface area contributed by atoms with Gasteiger partial charge in [0.05, 0.1) is 19.8 Å². The van der Waals surface area contributed by atoms with E-state index < -0.39 is 0 Å². The second-order valence-corrected chi connectivity index (χ2v) is 3.51. The maximum Gasteiger partial charge on any atom is 0.320 e. The summed E-state index contributed by atoms with van der Waals surface area (Å²) in [7, 11) is 0. The zero-order chi connectivity index (χ0) is 11.1. The van der Waals surface area contributed by atoms with Gasteiger partial charge in [-0.25, -0.2) is 4.79 Å². The maximum absolute atomic E-state index is 12.0. The minimum Gasteiger partial charge on any atom is -0.378 e. The summed E-state index contributed by atoms with van der Waals surface area (Å²) in [6.45, 7) is 5.75. The van der Waals surface area contributed by atoms with Crippen LogP contribution in [-0.2, 0) is 4.74 Å². The van der Waals surface area contributed by atoms with Crippen LogP contribution in [0.1, 0.15) is 13.3 Å². The average molecular weight is 210 g/mol. The van der Waals surface area contributed by atoms with E-state index in [2.05, 4.69) is 5.92 Å². The Bertz CT molecular complexity index is 241. The maximum atomic E-state index is 12.0. The lowest BCUT2D eigenvalue weighted by atomic mass is 10.4. The summed E-state index contributed by atoms with van der Waals surface area (Å²) in [4.78, 5) is 15.5. The Morgan fingerprint density at radius 3 is 2.73 bits per heavy atom. The fourth-order valence-corrected chi connectivity index (χ4v) is 1.58. The van der Waals surface area contributed by atoms with Crippen molar-refractivity contribution in [3.63, 3.8) is 0 Å². The lowest BCUT2D eigenvalue weighted by molar-refractivity contribution is 0.0444. The van der Waals surface area contributed by atoms with Gasteiger partial charge < -0.3 is 14.5 Å². The molecule has 1 saturated heterocycles. The van der Waals surface area contributed by atoms with Gasteiger partial charge in [-0.1, -0.05) is 12.8 Å². The molecule has 0 atom stereocenters. The minimum atomic E-state index is 0.0399. The molecule has 0 bridgehead atoms. The molecule has 1 aliphatic heterocycles. The summed E-state index contributed by atoms with van der Waals surface area (Å²) in [6, 6.07) is 0.0399. The van der Waals surface area contributed by atoms with Gasteiger partial charge in [-0.3, -0.25) is 0 Å². The van der Waals surface area contributed by atoms with Crippen LogP contribution in [0.5, 0.6) is 0 Å². The van der Waals surface area contributed by atoms with Gasteiger partial charge in [0.15, 0.2) is 0 Å². The molecular weight excluding hydrogens is 192 g/mol. The summed E-state index contributed by atoms with van der Waals surface area (Å²) in [5.74, 6) is 2.52. The molecule has 0 aliphatic carbocycles. The highest BCUT2D eigenvalue weighted by atomic mass is 16.5. The second kappa shape index (κ2) is 6.31. The lowest BCUT2D eigenvalue weighted by Gasteiger charge is -2.31. The smallest absolute Gasteiger partial charge is 0.320 e. The molecule has 1 rings (SSSR count). The summed E-state index contributed by atoms with van der Waals surface area (Å²) >= 11 is 0. The first-order valence-corrected chi connectivity index (χ1v) is 5.34. The van der Waals surface area contributed by atoms with Gasteiger partial charge in [0.2, 0.25) is 0 Å². The van der Waals surface area contributed by atoms with Crippen LogP contribution in [0.2, 0.25) is 0 Å². The molecule has 1 aliphatic rings. The van der Waals surface area contributed by atoms with E-state index in [0.29, 0.717) is 32.8 Å². The van der Waals surface area contributed by atoms with E-state index in [9.17, 15) is 4.79 Å². The average Bonchev–Trinajstić information content (AvgIpc) is 2.29. The number of amides is 2. The number of rotatable bonds is 3. The van der Waals surface area contributed by atoms with Gasteiger partial charge in [-0.15, -0.1) is 6.42 Å². The molecule has 84 valence electrons. The second-order valence-electron chi connectivity index (χ2n) is 3.51. The monoisotopic (exact) mass is 210 g/mol. The van der Waals surface area contributed by atoms with Crippen molar-refractivity contribution < 1.29 is 9.53 Å². The molecule has 1 heterocycles. The van der Waals surface area contributed by atoms with Crippen LogP contribution in [0.4, 0.5) is 4.79 Å². The molecule has 0 aromatic carbocycles. The fraction of sp³-hybridized carbons (Fsp3) is 0.727. The number of hydrogen-bond acceptors (Lipinski definition) is 2. The summed E-state index contributed by atoms with van der Waals surface area (Å²) in [6.07, 6.45) is 6.17. The molecule has 1 fully saturated rings. The van der Waals surface area contributed by atoms with Crippen molar-refractivity contribution >= 4 is 6.03 Å². The third kappa shape index (κ3) is 3.45. The minimum absolute atomic E-state index is 0.0399. The molecule has 15 heavy (non-hydrogen) atoms. The Kier molecular flexibility index (Phi) is 4.99. The zero-order valence-electron chi connectivity index (χ0n) is 9.24. The summed E-state index contributed by atoms with van der Waals surface area (Å²) < 4.78 is 5.20. The van der Waals surface area contributed by atoms with Gasteiger partial charge in [0.25, 0.3) is 0 Å². The van der Waals surface area contributed by atoms with Crippen LogP contribution >= 0.6 is 0 Å². The molecule has 0 aromatic heterocycles. The van der Waals surface area contributed by atoms with E-state index in [1.54, 1.807) is 9.80 Å². The van der Waals surface area contributed by atoms with E-state index in [1.165, 1.54) is 0 Å². The van der Waals surface area contributed by atoms with Gasteiger partial charge in [0.1, 0.15) is 0 Å². The quantitative estimate of drug-likeness (QED) is 0.645. The number of morpholine rings is 1. The van der Waals surface area contributed by atoms with Gasteiger partial charge in [0, 0.05) is 19.6 Å². The highest BCUT2D eigenvalue weighted by molar-refractivity contribution is 5.74. The van der Waals surface area contributed by atoms with E-state index in [4.69, 9.17) is 11.2 Å². The predicted molar refractivity (Wildman–Crippen MR) is 58.5 cm³/mol. The van der Waals surface area contributed by atoms with Crippen LogP contribution in [0.15, 0.2) is 0 Å². The highest BCUT2D eigenvalue weighted by Gasteiger charge is 2.21. The molecule has 0 aromatic rings. The topological polar surface area (TPSA) is 32.8 Å². The summed E-state index contributed by atoms with van der Waals surface area (Å²) in [5, 5.41) is 0. The van der Waals surface area contributed by atoms with Gasteiger partial charge >= 0.3 is 6.03 Å². The molecule has 4 nitrogen and oxygen atoms in total. The predicted octanol–water partition coefficient (Wildman–Crippen LogP) is 0.784. The molecule has 0 unspecified atom stereocenters. The standard InChI is InChI=1S/C11H18N2O2/c1-3-5-12(6-4-2)11(14)13-7-9-15-10-8-13/h1H,4-10H2,2H3. The molecular formula is C11H18N2O2. The molecule has 2 amide bonds. The van der Waals surface area contributed by atoms with Crippen LogP contribution in [0.3, 0.4) is 0 Å². The number of carbonyl (C=O) groups excluding carboxylic acids is 1. The van der Waals surface area contributed by atoms with Crippen molar-refractivity contribution in [1.29, 1.82) is 0 Å². The number of urea groups is 1. The molecule has 0 radical (unpaired) electrons. The summed E-state index contributed by atoms with van der Waals surface area (Å²) in [5.41, 5.74) is 0. The van der Waals surface area contributed by atoms with Crippen LogP contribution in [0, 0.1) is 12.3 Å². The fourth-order valence-electron chi connectivity index (χ4n) is 1.58. The van der Waals surface area contributed by atoms with Crippen molar-refractivity contribution in [2.45, 2.75) is 13.3 Å². The van der Waals surface area contributed by atoms with Crippen LogP contribution in [0.25, 0.3) is 0 Å². The largest absolute Gasteiger partial charge is 0.378 e. The Balaban J connectivity index is 2.50. The molecule has 4 heteroatoms. The number of hydrogen-bond donors (Lipinski definition) is 0. The van der Waals surface area contributed by atoms with Gasteiger partial charge in [-0.2, -0.15) is 0 Å². The Morgan fingerprint density at radius 1 is 1.53 bits per heavy atom. The lowest BCUT2D eigenvalue weighted by Crippen LogP contribution is -2.48. The van der Waals surface area contributed by atoms with Crippen molar-refractivity contribution in [3.8, 4) is 12.3 Å². The Morgan fingerprint density at radius 2 is 2.20 bits per heavy atom. The van der Waals surface area contributed by atoms with Crippen LogP contribution < -0.4 is 0 Å². The number of carbonyl (C=O) groups is 1. The normalized spacial score (nSPS) is 15.9. The Labute approximate surface area is 91.2 Å². The van der Waals surface area contributed by atoms with Crippen molar-refractivity contribution in [2.24, 2.45) is 0 Å². The third-order valence-corrected chi connectivity index (χ3v) is 2.33. The van der Waals surface area contributed by atoms with E-state index in [1.807, 2.05) is 6.92 Å². The van der Waals surface area contributed by atoms with Crippen molar-refractivity contribution in [1.82, 2.24) is 9.80 Å². The number of terminal acetylenes is 1. The first-order valence-electron chi connectivity index (χ1n) is 5.34. The van der Waals surface area contributed by atoms with E-state index in [-0.39, 0.29) is 6.03 Å². The number of ether oxygens (including phenoxy) is 1. The van der Waals surface area contributed by atoms with Crippen LogP contribution in [-0.4, -0.2) is 55.2 Å². The highest BCUT2D eigenvalue weighted by Crippen LogP contribution is 2.03. The molecule has 0 spiro atoms. The third-order valence-electron chi connectivity index (χ3n) is 2.33. The molecule has 0 N–H and O–H groups in total. The first kappa shape index (κ1) is 11.9. The van der Waals surface area contributed by atoms with Crippen molar-refractivity contribution in [2.75, 3.05) is 39.4 Å². The Hall–Kier alpha value is -1.21. The number of nitrogens with zero attached hydrogens (tertiary/aromatic N) is 2. The molecule has 0 saturated carbocycles. The first-order chi connectivity index (χ1) is 7.29.